The highest BCUT2D eigenvalue weighted by atomic mass is 35.5. The minimum atomic E-state index is -0.448. The van der Waals surface area contributed by atoms with Crippen LogP contribution >= 0.6 is 11.6 Å². The van der Waals surface area contributed by atoms with E-state index < -0.39 is 5.91 Å². The van der Waals surface area contributed by atoms with Gasteiger partial charge in [0.05, 0.1) is 24.8 Å². The molecule has 21 heavy (non-hydrogen) atoms. The molecule has 0 unspecified atom stereocenters. The van der Waals surface area contributed by atoms with Gasteiger partial charge < -0.3 is 19.9 Å². The van der Waals surface area contributed by atoms with Crippen LogP contribution in [0.15, 0.2) is 36.4 Å². The van der Waals surface area contributed by atoms with Crippen LogP contribution in [0.5, 0.6) is 17.2 Å². The zero-order valence-corrected chi connectivity index (χ0v) is 12.3. The zero-order chi connectivity index (χ0) is 15.4. The summed E-state index contributed by atoms with van der Waals surface area (Å²) in [6, 6.07) is 9.31. The number of anilines is 1. The molecule has 0 saturated heterocycles. The molecule has 2 rings (SSSR count). The van der Waals surface area contributed by atoms with Crippen molar-refractivity contribution in [1.29, 1.82) is 0 Å². The molecule has 110 valence electrons. The molecule has 0 aliphatic heterocycles. The molecule has 0 spiro atoms. The Morgan fingerprint density at radius 2 is 1.90 bits per heavy atom. The molecule has 1 amide bonds. The Morgan fingerprint density at radius 3 is 2.48 bits per heavy atom. The van der Waals surface area contributed by atoms with E-state index in [4.69, 9.17) is 21.1 Å². The van der Waals surface area contributed by atoms with Crippen molar-refractivity contribution in [3.05, 3.63) is 47.0 Å². The normalized spacial score (nSPS) is 10.0. The molecular weight excluding hydrogens is 294 g/mol. The van der Waals surface area contributed by atoms with E-state index in [0.29, 0.717) is 22.2 Å². The van der Waals surface area contributed by atoms with Gasteiger partial charge in [-0.1, -0.05) is 11.6 Å². The van der Waals surface area contributed by atoms with Crippen molar-refractivity contribution in [2.45, 2.75) is 0 Å². The van der Waals surface area contributed by atoms with Crippen LogP contribution < -0.4 is 14.8 Å². The van der Waals surface area contributed by atoms with Crippen molar-refractivity contribution in [3.63, 3.8) is 0 Å². The summed E-state index contributed by atoms with van der Waals surface area (Å²) in [6.07, 6.45) is 0. The van der Waals surface area contributed by atoms with E-state index >= 15 is 0 Å². The van der Waals surface area contributed by atoms with Crippen LogP contribution in [0, 0.1) is 0 Å². The van der Waals surface area contributed by atoms with Crippen molar-refractivity contribution < 1.29 is 19.4 Å². The summed E-state index contributed by atoms with van der Waals surface area (Å²) in [7, 11) is 2.99. The monoisotopic (exact) mass is 307 g/mol. The number of carbonyl (C=O) groups is 1. The van der Waals surface area contributed by atoms with Crippen molar-refractivity contribution in [2.24, 2.45) is 0 Å². The lowest BCUT2D eigenvalue weighted by Gasteiger charge is -2.09. The maximum absolute atomic E-state index is 12.1. The van der Waals surface area contributed by atoms with Crippen molar-refractivity contribution in [1.82, 2.24) is 0 Å². The van der Waals surface area contributed by atoms with Crippen LogP contribution in [0.25, 0.3) is 0 Å². The minimum Gasteiger partial charge on any atom is -0.507 e. The standard InChI is InChI=1S/C15H14ClNO4/c1-20-10-4-5-11(13(18)8-10)15(19)17-9-3-6-14(21-2)12(16)7-9/h3-8,18H,1-2H3,(H,17,19). The number of nitrogens with one attached hydrogen (secondary N) is 1. The van der Waals surface area contributed by atoms with Gasteiger partial charge in [-0.05, 0) is 30.3 Å². The molecule has 2 N–H and O–H groups in total. The Balaban J connectivity index is 2.20. The van der Waals surface area contributed by atoms with E-state index in [9.17, 15) is 9.90 Å². The molecule has 0 atom stereocenters. The molecule has 2 aromatic rings. The molecule has 0 aromatic heterocycles. The van der Waals surface area contributed by atoms with E-state index in [1.54, 1.807) is 24.3 Å². The van der Waals surface area contributed by atoms with Crippen LogP contribution in [0.3, 0.4) is 0 Å². The molecule has 0 bridgehead atoms. The van der Waals surface area contributed by atoms with Crippen molar-refractivity contribution in [2.75, 3.05) is 19.5 Å². The SMILES string of the molecule is COc1ccc(C(=O)Nc2ccc(OC)c(Cl)c2)c(O)c1. The predicted molar refractivity (Wildman–Crippen MR) is 80.6 cm³/mol. The summed E-state index contributed by atoms with van der Waals surface area (Å²) < 4.78 is 10.0. The van der Waals surface area contributed by atoms with Gasteiger partial charge in [0.1, 0.15) is 17.2 Å². The van der Waals surface area contributed by atoms with Gasteiger partial charge in [0.2, 0.25) is 0 Å². The lowest BCUT2D eigenvalue weighted by Crippen LogP contribution is -2.12. The molecule has 5 nitrogen and oxygen atoms in total. The number of methoxy groups -OCH3 is 2. The molecule has 2 aromatic carbocycles. The first kappa shape index (κ1) is 15.0. The number of benzene rings is 2. The zero-order valence-electron chi connectivity index (χ0n) is 11.5. The summed E-state index contributed by atoms with van der Waals surface area (Å²) in [5.74, 6) is 0.376. The number of hydrogen-bond donors (Lipinski definition) is 2. The van der Waals surface area contributed by atoms with Crippen LogP contribution in [-0.4, -0.2) is 25.2 Å². The number of ether oxygens (including phenoxy) is 2. The Hall–Kier alpha value is -2.40. The Bertz CT molecular complexity index is 673. The smallest absolute Gasteiger partial charge is 0.259 e. The van der Waals surface area contributed by atoms with Gasteiger partial charge in [0.25, 0.3) is 5.91 Å². The Kier molecular flexibility index (Phi) is 4.55. The van der Waals surface area contributed by atoms with Gasteiger partial charge >= 0.3 is 0 Å². The third kappa shape index (κ3) is 3.38. The number of phenolic OH excluding ortho intramolecular Hbond substituents is 1. The van der Waals surface area contributed by atoms with E-state index in [1.165, 1.54) is 26.4 Å². The van der Waals surface area contributed by atoms with Crippen molar-refractivity contribution in [3.8, 4) is 17.2 Å². The minimum absolute atomic E-state index is 0.141. The average molecular weight is 308 g/mol. The van der Waals surface area contributed by atoms with E-state index in [0.717, 1.165) is 0 Å². The first-order chi connectivity index (χ1) is 10.0. The van der Waals surface area contributed by atoms with Gasteiger partial charge in [-0.3, -0.25) is 4.79 Å². The first-order valence-electron chi connectivity index (χ1n) is 6.07. The van der Waals surface area contributed by atoms with Crippen LogP contribution in [0.4, 0.5) is 5.69 Å². The third-order valence-corrected chi connectivity index (χ3v) is 3.15. The summed E-state index contributed by atoms with van der Waals surface area (Å²) in [5, 5.41) is 12.9. The van der Waals surface area contributed by atoms with Crippen LogP contribution in [-0.2, 0) is 0 Å². The van der Waals surface area contributed by atoms with Crippen LogP contribution in [0.1, 0.15) is 10.4 Å². The van der Waals surface area contributed by atoms with Gasteiger partial charge in [0, 0.05) is 11.8 Å². The number of amides is 1. The van der Waals surface area contributed by atoms with Crippen molar-refractivity contribution >= 4 is 23.2 Å². The number of phenols is 1. The van der Waals surface area contributed by atoms with Gasteiger partial charge in [0.15, 0.2) is 0 Å². The quantitative estimate of drug-likeness (QED) is 0.909. The van der Waals surface area contributed by atoms with Gasteiger partial charge in [-0.2, -0.15) is 0 Å². The maximum Gasteiger partial charge on any atom is 0.259 e. The fraction of sp³-hybridized carbons (Fsp3) is 0.133. The second-order valence-electron chi connectivity index (χ2n) is 4.19. The number of hydrogen-bond acceptors (Lipinski definition) is 4. The lowest BCUT2D eigenvalue weighted by atomic mass is 10.1. The molecule has 0 heterocycles. The van der Waals surface area contributed by atoms with Gasteiger partial charge in [-0.15, -0.1) is 0 Å². The highest BCUT2D eigenvalue weighted by molar-refractivity contribution is 6.32. The topological polar surface area (TPSA) is 67.8 Å². The fourth-order valence-corrected chi connectivity index (χ4v) is 2.03. The molecule has 0 saturated carbocycles. The van der Waals surface area contributed by atoms with Gasteiger partial charge in [-0.25, -0.2) is 0 Å². The summed E-state index contributed by atoms with van der Waals surface area (Å²) in [6.45, 7) is 0. The Morgan fingerprint density at radius 1 is 1.14 bits per heavy atom. The second kappa shape index (κ2) is 6.37. The molecule has 0 aliphatic carbocycles. The van der Waals surface area contributed by atoms with E-state index in [2.05, 4.69) is 5.32 Å². The summed E-state index contributed by atoms with van der Waals surface area (Å²) >= 11 is 5.99. The second-order valence-corrected chi connectivity index (χ2v) is 4.59. The largest absolute Gasteiger partial charge is 0.507 e. The van der Waals surface area contributed by atoms with E-state index in [-0.39, 0.29) is 11.3 Å². The fourth-order valence-electron chi connectivity index (χ4n) is 1.77. The van der Waals surface area contributed by atoms with Crippen LogP contribution in [0.2, 0.25) is 5.02 Å². The molecule has 0 fully saturated rings. The highest BCUT2D eigenvalue weighted by Crippen LogP contribution is 2.28. The molecule has 6 heteroatoms. The molecular formula is C15H14ClNO4. The first-order valence-corrected chi connectivity index (χ1v) is 6.45. The number of rotatable bonds is 4. The summed E-state index contributed by atoms with van der Waals surface area (Å²) in [5.41, 5.74) is 0.642. The highest BCUT2D eigenvalue weighted by Gasteiger charge is 2.13. The summed E-state index contributed by atoms with van der Waals surface area (Å²) in [4.78, 5) is 12.1. The molecule has 0 radical (unpaired) electrons. The average Bonchev–Trinajstić information content (AvgIpc) is 2.47. The molecule has 0 aliphatic rings. The lowest BCUT2D eigenvalue weighted by molar-refractivity contribution is 0.102. The third-order valence-electron chi connectivity index (χ3n) is 2.86. The number of halogens is 1. The predicted octanol–water partition coefficient (Wildman–Crippen LogP) is 3.32. The Labute approximate surface area is 127 Å². The van der Waals surface area contributed by atoms with E-state index in [1.807, 2.05) is 0 Å². The maximum atomic E-state index is 12.1. The number of aromatic hydroxyl groups is 1. The number of carbonyl (C=O) groups excluding carboxylic acids is 1.